The Morgan fingerprint density at radius 1 is 1.12 bits per heavy atom. The molecule has 1 N–H and O–H groups in total. The third-order valence-electron chi connectivity index (χ3n) is 3.80. The number of carbonyl (C=O) groups excluding carboxylic acids is 3. The highest BCUT2D eigenvalue weighted by Crippen LogP contribution is 2.20. The highest BCUT2D eigenvalue weighted by molar-refractivity contribution is 6.20. The van der Waals surface area contributed by atoms with Gasteiger partial charge in [0.1, 0.15) is 5.69 Å². The van der Waals surface area contributed by atoms with Crippen molar-refractivity contribution in [3.05, 3.63) is 58.9 Å². The predicted molar refractivity (Wildman–Crippen MR) is 88.8 cm³/mol. The number of nitrogens with zero attached hydrogens (tertiary/aromatic N) is 2. The molecule has 0 aliphatic carbocycles. The van der Waals surface area contributed by atoms with E-state index in [1.807, 2.05) is 32.0 Å². The Hall–Kier alpha value is -3.02. The molecule has 1 aromatic carbocycles. The molecule has 1 aliphatic heterocycles. The Labute approximate surface area is 139 Å². The lowest BCUT2D eigenvalue weighted by Crippen LogP contribution is -2.33. The molecule has 0 unspecified atom stereocenters. The van der Waals surface area contributed by atoms with Crippen LogP contribution in [0, 0.1) is 13.8 Å². The maximum Gasteiger partial charge on any atom is 0.280 e. The van der Waals surface area contributed by atoms with Crippen LogP contribution in [0.3, 0.4) is 0 Å². The third kappa shape index (κ3) is 3.03. The molecule has 6 heteroatoms. The first-order valence-electron chi connectivity index (χ1n) is 7.65. The van der Waals surface area contributed by atoms with Crippen LogP contribution in [-0.4, -0.2) is 34.2 Å². The van der Waals surface area contributed by atoms with Crippen LogP contribution in [0.1, 0.15) is 38.4 Å². The quantitative estimate of drug-likeness (QED) is 0.876. The first-order valence-corrected chi connectivity index (χ1v) is 7.65. The summed E-state index contributed by atoms with van der Waals surface area (Å²) in [6.07, 6.45) is 1.51. The van der Waals surface area contributed by atoms with E-state index >= 15 is 0 Å². The lowest BCUT2D eigenvalue weighted by molar-refractivity contribution is -0.116. The van der Waals surface area contributed by atoms with Crippen LogP contribution in [0.15, 0.2) is 36.5 Å². The summed E-state index contributed by atoms with van der Waals surface area (Å²) in [5, 5.41) is 2.79. The summed E-state index contributed by atoms with van der Waals surface area (Å²) in [6.45, 7) is 3.94. The second-order valence-corrected chi connectivity index (χ2v) is 5.84. The smallest absolute Gasteiger partial charge is 0.280 e. The maximum atomic E-state index is 12.2. The van der Waals surface area contributed by atoms with Crippen LogP contribution in [0.4, 0.5) is 5.69 Å². The van der Waals surface area contributed by atoms with Crippen molar-refractivity contribution >= 4 is 23.4 Å². The van der Waals surface area contributed by atoms with Crippen molar-refractivity contribution in [2.24, 2.45) is 0 Å². The average molecular weight is 323 g/mol. The number of amides is 3. The standard InChI is InChI=1S/C18H17N3O3/c1-11-8-12(2)10-13(9-11)20-15(22)5-7-21-17(23)14-4-3-6-19-16(14)18(21)24/h3-4,6,8-10H,5,7H2,1-2H3,(H,20,22). The van der Waals surface area contributed by atoms with Gasteiger partial charge in [-0.2, -0.15) is 0 Å². The van der Waals surface area contributed by atoms with E-state index in [9.17, 15) is 14.4 Å². The first-order chi connectivity index (χ1) is 11.5. The SMILES string of the molecule is Cc1cc(C)cc(NC(=O)CCN2C(=O)c3cccnc3C2=O)c1. The second-order valence-electron chi connectivity index (χ2n) is 5.84. The number of aromatic nitrogens is 1. The van der Waals surface area contributed by atoms with Crippen molar-refractivity contribution in [2.45, 2.75) is 20.3 Å². The molecule has 3 amide bonds. The van der Waals surface area contributed by atoms with Crippen LogP contribution >= 0.6 is 0 Å². The summed E-state index contributed by atoms with van der Waals surface area (Å²) in [5.41, 5.74) is 3.25. The minimum absolute atomic E-state index is 0.0324. The Balaban J connectivity index is 1.63. The number of anilines is 1. The fraction of sp³-hybridized carbons (Fsp3) is 0.222. The minimum atomic E-state index is -0.449. The lowest BCUT2D eigenvalue weighted by atomic mass is 10.1. The summed E-state index contributed by atoms with van der Waals surface area (Å²) in [5.74, 6) is -1.10. The molecule has 2 aromatic rings. The van der Waals surface area contributed by atoms with Gasteiger partial charge in [0.25, 0.3) is 11.8 Å². The van der Waals surface area contributed by atoms with E-state index in [0.29, 0.717) is 5.69 Å². The van der Waals surface area contributed by atoms with E-state index < -0.39 is 11.8 Å². The number of aryl methyl sites for hydroxylation is 2. The van der Waals surface area contributed by atoms with Gasteiger partial charge in [0.2, 0.25) is 5.91 Å². The molecule has 0 atom stereocenters. The second kappa shape index (κ2) is 6.23. The average Bonchev–Trinajstić information content (AvgIpc) is 2.76. The van der Waals surface area contributed by atoms with Crippen molar-refractivity contribution < 1.29 is 14.4 Å². The Bertz CT molecular complexity index is 790. The fourth-order valence-corrected chi connectivity index (χ4v) is 2.80. The molecule has 0 saturated heterocycles. The maximum absolute atomic E-state index is 12.2. The topological polar surface area (TPSA) is 79.4 Å². The molecule has 1 aromatic heterocycles. The van der Waals surface area contributed by atoms with Gasteiger partial charge >= 0.3 is 0 Å². The van der Waals surface area contributed by atoms with E-state index in [0.717, 1.165) is 16.0 Å². The molecule has 122 valence electrons. The molecule has 0 fully saturated rings. The Kier molecular flexibility index (Phi) is 4.12. The van der Waals surface area contributed by atoms with E-state index in [2.05, 4.69) is 10.3 Å². The summed E-state index contributed by atoms with van der Waals surface area (Å²) in [6, 6.07) is 8.94. The molecule has 6 nitrogen and oxygen atoms in total. The van der Waals surface area contributed by atoms with Crippen molar-refractivity contribution in [1.82, 2.24) is 9.88 Å². The molecule has 24 heavy (non-hydrogen) atoms. The molecule has 3 rings (SSSR count). The Morgan fingerprint density at radius 3 is 2.50 bits per heavy atom. The molecular weight excluding hydrogens is 306 g/mol. The lowest BCUT2D eigenvalue weighted by Gasteiger charge is -2.13. The normalized spacial score (nSPS) is 13.2. The number of pyridine rings is 1. The van der Waals surface area contributed by atoms with Crippen molar-refractivity contribution in [2.75, 3.05) is 11.9 Å². The largest absolute Gasteiger partial charge is 0.326 e. The number of carbonyl (C=O) groups is 3. The zero-order chi connectivity index (χ0) is 17.3. The monoisotopic (exact) mass is 323 g/mol. The summed E-state index contributed by atoms with van der Waals surface area (Å²) in [7, 11) is 0. The van der Waals surface area contributed by atoms with Crippen LogP contribution in [-0.2, 0) is 4.79 Å². The molecule has 0 saturated carbocycles. The number of fused-ring (bicyclic) bond motifs is 1. The number of hydrogen-bond donors (Lipinski definition) is 1. The zero-order valence-corrected chi connectivity index (χ0v) is 13.5. The highest BCUT2D eigenvalue weighted by Gasteiger charge is 2.36. The fourth-order valence-electron chi connectivity index (χ4n) is 2.80. The molecule has 0 bridgehead atoms. The third-order valence-corrected chi connectivity index (χ3v) is 3.80. The van der Waals surface area contributed by atoms with E-state index in [1.54, 1.807) is 12.1 Å². The minimum Gasteiger partial charge on any atom is -0.326 e. The molecular formula is C18H17N3O3. The van der Waals surface area contributed by atoms with E-state index in [4.69, 9.17) is 0 Å². The zero-order valence-electron chi connectivity index (χ0n) is 13.5. The van der Waals surface area contributed by atoms with Crippen LogP contribution in [0.5, 0.6) is 0 Å². The van der Waals surface area contributed by atoms with Gasteiger partial charge in [-0.05, 0) is 49.2 Å². The number of hydrogen-bond acceptors (Lipinski definition) is 4. The number of nitrogens with one attached hydrogen (secondary N) is 1. The highest BCUT2D eigenvalue weighted by atomic mass is 16.2. The Morgan fingerprint density at radius 2 is 1.83 bits per heavy atom. The van der Waals surface area contributed by atoms with Gasteiger partial charge in [-0.1, -0.05) is 6.07 Å². The van der Waals surface area contributed by atoms with Crippen LogP contribution in [0.25, 0.3) is 0 Å². The van der Waals surface area contributed by atoms with Crippen molar-refractivity contribution in [3.8, 4) is 0 Å². The van der Waals surface area contributed by atoms with E-state index in [-0.39, 0.29) is 30.1 Å². The van der Waals surface area contributed by atoms with Crippen molar-refractivity contribution in [1.29, 1.82) is 0 Å². The summed E-state index contributed by atoms with van der Waals surface area (Å²) in [4.78, 5) is 41.5. The van der Waals surface area contributed by atoms with Gasteiger partial charge in [0.05, 0.1) is 5.56 Å². The summed E-state index contributed by atoms with van der Waals surface area (Å²) >= 11 is 0. The number of rotatable bonds is 4. The molecule has 2 heterocycles. The van der Waals surface area contributed by atoms with Gasteiger partial charge in [-0.25, -0.2) is 0 Å². The molecule has 1 aliphatic rings. The van der Waals surface area contributed by atoms with Gasteiger partial charge in [-0.15, -0.1) is 0 Å². The predicted octanol–water partition coefficient (Wildman–Crippen LogP) is 2.32. The number of benzene rings is 1. The van der Waals surface area contributed by atoms with E-state index in [1.165, 1.54) is 6.20 Å². The molecule has 0 spiro atoms. The first kappa shape index (κ1) is 15.9. The van der Waals surface area contributed by atoms with Crippen molar-refractivity contribution in [3.63, 3.8) is 0 Å². The van der Waals surface area contributed by atoms with Gasteiger partial charge in [-0.3, -0.25) is 24.3 Å². The summed E-state index contributed by atoms with van der Waals surface area (Å²) < 4.78 is 0. The van der Waals surface area contributed by atoms with Gasteiger partial charge in [0.15, 0.2) is 0 Å². The van der Waals surface area contributed by atoms with Crippen LogP contribution < -0.4 is 5.32 Å². The molecule has 0 radical (unpaired) electrons. The van der Waals surface area contributed by atoms with Gasteiger partial charge < -0.3 is 5.32 Å². The number of imide groups is 1. The van der Waals surface area contributed by atoms with Crippen LogP contribution in [0.2, 0.25) is 0 Å². The van der Waals surface area contributed by atoms with Gasteiger partial charge in [0, 0.05) is 24.8 Å².